The molecule has 1 aromatic heterocycles. The Kier molecular flexibility index (Phi) is 3.82. The monoisotopic (exact) mass is 242 g/mol. The molecule has 1 aromatic carbocycles. The third kappa shape index (κ3) is 3.01. The molecule has 1 heterocycles. The Morgan fingerprint density at radius 3 is 2.78 bits per heavy atom. The summed E-state index contributed by atoms with van der Waals surface area (Å²) < 4.78 is 5.17. The normalized spacial score (nSPS) is 9.78. The van der Waals surface area contributed by atoms with Crippen molar-refractivity contribution in [3.8, 4) is 11.8 Å². The first kappa shape index (κ1) is 12.0. The molecule has 0 spiro atoms. The Balaban J connectivity index is 1.91. The number of benzene rings is 1. The quantitative estimate of drug-likeness (QED) is 0.843. The third-order valence-electron chi connectivity index (χ3n) is 2.55. The molecule has 2 aromatic rings. The van der Waals surface area contributed by atoms with E-state index in [1.165, 1.54) is 0 Å². The first-order chi connectivity index (χ1) is 8.79. The summed E-state index contributed by atoms with van der Waals surface area (Å²) in [6, 6.07) is 9.41. The molecular formula is C13H14N4O. The predicted octanol–water partition coefficient (Wildman–Crippen LogP) is 2.23. The Hall–Kier alpha value is -2.48. The van der Waals surface area contributed by atoms with E-state index in [9.17, 15) is 0 Å². The van der Waals surface area contributed by atoms with E-state index < -0.39 is 0 Å². The van der Waals surface area contributed by atoms with Crippen LogP contribution in [0, 0.1) is 18.3 Å². The van der Waals surface area contributed by atoms with Crippen LogP contribution in [0.1, 0.15) is 11.4 Å². The van der Waals surface area contributed by atoms with E-state index >= 15 is 0 Å². The van der Waals surface area contributed by atoms with Crippen LogP contribution >= 0.6 is 0 Å². The highest BCUT2D eigenvalue weighted by Crippen LogP contribution is 2.16. The summed E-state index contributed by atoms with van der Waals surface area (Å²) in [5, 5.41) is 11.7. The molecule has 18 heavy (non-hydrogen) atoms. The van der Waals surface area contributed by atoms with Crippen molar-refractivity contribution in [2.75, 3.05) is 11.9 Å². The van der Waals surface area contributed by atoms with Crippen molar-refractivity contribution in [2.45, 2.75) is 13.5 Å². The zero-order valence-electron chi connectivity index (χ0n) is 10.1. The average Bonchev–Trinajstić information content (AvgIpc) is 2.81. The molecule has 0 unspecified atom stereocenters. The van der Waals surface area contributed by atoms with Gasteiger partial charge in [0.1, 0.15) is 11.8 Å². The van der Waals surface area contributed by atoms with E-state index in [-0.39, 0.29) is 6.61 Å². The van der Waals surface area contributed by atoms with E-state index in [2.05, 4.69) is 15.3 Å². The molecule has 5 heteroatoms. The predicted molar refractivity (Wildman–Crippen MR) is 68.2 cm³/mol. The number of H-pyrrole nitrogens is 1. The third-order valence-corrected chi connectivity index (χ3v) is 2.55. The van der Waals surface area contributed by atoms with Gasteiger partial charge in [-0.05, 0) is 31.2 Å². The SMILES string of the molecule is Cc1[nH]cnc1CNc1ccc(OCC#N)cc1. The molecule has 0 radical (unpaired) electrons. The van der Waals surface area contributed by atoms with Gasteiger partial charge in [0.25, 0.3) is 0 Å². The molecule has 0 saturated carbocycles. The molecule has 92 valence electrons. The highest BCUT2D eigenvalue weighted by atomic mass is 16.5. The van der Waals surface area contributed by atoms with Gasteiger partial charge < -0.3 is 15.0 Å². The maximum absolute atomic E-state index is 8.40. The smallest absolute Gasteiger partial charge is 0.174 e. The summed E-state index contributed by atoms with van der Waals surface area (Å²) >= 11 is 0. The van der Waals surface area contributed by atoms with E-state index in [0.29, 0.717) is 12.3 Å². The van der Waals surface area contributed by atoms with Crippen LogP contribution in [0.25, 0.3) is 0 Å². The lowest BCUT2D eigenvalue weighted by molar-refractivity contribution is 0.368. The van der Waals surface area contributed by atoms with Crippen molar-refractivity contribution in [3.63, 3.8) is 0 Å². The van der Waals surface area contributed by atoms with Gasteiger partial charge in [0.05, 0.1) is 18.6 Å². The Morgan fingerprint density at radius 1 is 1.39 bits per heavy atom. The van der Waals surface area contributed by atoms with Gasteiger partial charge in [-0.3, -0.25) is 0 Å². The summed E-state index contributed by atoms with van der Waals surface area (Å²) in [6.07, 6.45) is 1.69. The number of ether oxygens (including phenoxy) is 1. The van der Waals surface area contributed by atoms with Gasteiger partial charge in [0.2, 0.25) is 0 Å². The largest absolute Gasteiger partial charge is 0.479 e. The number of nitrogens with one attached hydrogen (secondary N) is 2. The first-order valence-corrected chi connectivity index (χ1v) is 5.62. The maximum atomic E-state index is 8.40. The zero-order chi connectivity index (χ0) is 12.8. The lowest BCUT2D eigenvalue weighted by Crippen LogP contribution is -2.01. The minimum atomic E-state index is 0.0687. The standard InChI is InChI=1S/C13H14N4O/c1-10-13(17-9-16-10)8-15-11-2-4-12(5-3-11)18-7-6-14/h2-5,9,15H,7-8H2,1H3,(H,16,17). The number of aromatic nitrogens is 2. The number of nitriles is 1. The second-order valence-corrected chi connectivity index (χ2v) is 3.80. The molecule has 2 N–H and O–H groups in total. The topological polar surface area (TPSA) is 73.7 Å². The van der Waals surface area contributed by atoms with Gasteiger partial charge >= 0.3 is 0 Å². The van der Waals surface area contributed by atoms with Crippen molar-refractivity contribution in [3.05, 3.63) is 42.0 Å². The van der Waals surface area contributed by atoms with Crippen molar-refractivity contribution >= 4 is 5.69 Å². The van der Waals surface area contributed by atoms with Crippen LogP contribution < -0.4 is 10.1 Å². The second-order valence-electron chi connectivity index (χ2n) is 3.80. The molecule has 0 aliphatic carbocycles. The number of hydrogen-bond acceptors (Lipinski definition) is 4. The summed E-state index contributed by atoms with van der Waals surface area (Å²) in [4.78, 5) is 7.25. The van der Waals surface area contributed by atoms with Crippen LogP contribution in [0.2, 0.25) is 0 Å². The van der Waals surface area contributed by atoms with Crippen LogP contribution in [0.4, 0.5) is 5.69 Å². The first-order valence-electron chi connectivity index (χ1n) is 5.62. The zero-order valence-corrected chi connectivity index (χ0v) is 10.1. The van der Waals surface area contributed by atoms with Gasteiger partial charge in [-0.1, -0.05) is 0 Å². The van der Waals surface area contributed by atoms with Crippen molar-refractivity contribution < 1.29 is 4.74 Å². The van der Waals surface area contributed by atoms with Gasteiger partial charge in [0.15, 0.2) is 6.61 Å². The number of hydrogen-bond donors (Lipinski definition) is 2. The van der Waals surface area contributed by atoms with Gasteiger partial charge in [-0.25, -0.2) is 4.98 Å². The molecule has 2 rings (SSSR count). The fourth-order valence-corrected chi connectivity index (χ4v) is 1.54. The number of rotatable bonds is 5. The number of imidazole rings is 1. The Morgan fingerprint density at radius 2 is 2.17 bits per heavy atom. The number of nitrogens with zero attached hydrogens (tertiary/aromatic N) is 2. The van der Waals surface area contributed by atoms with Crippen LogP contribution in [-0.2, 0) is 6.54 Å². The van der Waals surface area contributed by atoms with E-state index in [1.807, 2.05) is 37.3 Å². The minimum Gasteiger partial charge on any atom is -0.479 e. The second kappa shape index (κ2) is 5.73. The number of aromatic amines is 1. The number of aryl methyl sites for hydroxylation is 1. The Labute approximate surface area is 105 Å². The van der Waals surface area contributed by atoms with Crippen LogP contribution in [0.15, 0.2) is 30.6 Å². The molecule has 0 aliphatic heterocycles. The summed E-state index contributed by atoms with van der Waals surface area (Å²) in [5.74, 6) is 0.693. The van der Waals surface area contributed by atoms with E-state index in [1.54, 1.807) is 6.33 Å². The highest BCUT2D eigenvalue weighted by Gasteiger charge is 2.00. The molecule has 0 atom stereocenters. The van der Waals surface area contributed by atoms with Crippen molar-refractivity contribution in [2.24, 2.45) is 0 Å². The average molecular weight is 242 g/mol. The number of anilines is 1. The van der Waals surface area contributed by atoms with Crippen molar-refractivity contribution in [1.29, 1.82) is 5.26 Å². The van der Waals surface area contributed by atoms with Gasteiger partial charge in [-0.2, -0.15) is 5.26 Å². The van der Waals surface area contributed by atoms with Gasteiger partial charge in [-0.15, -0.1) is 0 Å². The van der Waals surface area contributed by atoms with Crippen LogP contribution in [0.3, 0.4) is 0 Å². The van der Waals surface area contributed by atoms with Crippen LogP contribution in [0.5, 0.6) is 5.75 Å². The molecule has 0 aliphatic rings. The lowest BCUT2D eigenvalue weighted by atomic mass is 10.3. The summed E-state index contributed by atoms with van der Waals surface area (Å²) in [7, 11) is 0. The fraction of sp³-hybridized carbons (Fsp3) is 0.231. The highest BCUT2D eigenvalue weighted by molar-refractivity contribution is 5.46. The Bertz CT molecular complexity index is 539. The fourth-order valence-electron chi connectivity index (χ4n) is 1.54. The summed E-state index contributed by atoms with van der Waals surface area (Å²) in [6.45, 7) is 2.73. The van der Waals surface area contributed by atoms with Crippen molar-refractivity contribution in [1.82, 2.24) is 9.97 Å². The molecule has 0 amide bonds. The van der Waals surface area contributed by atoms with E-state index in [0.717, 1.165) is 17.1 Å². The van der Waals surface area contributed by atoms with E-state index in [4.69, 9.17) is 10.00 Å². The molecule has 0 fully saturated rings. The van der Waals surface area contributed by atoms with Crippen LogP contribution in [-0.4, -0.2) is 16.6 Å². The molecule has 5 nitrogen and oxygen atoms in total. The maximum Gasteiger partial charge on any atom is 0.174 e. The summed E-state index contributed by atoms with van der Waals surface area (Å²) in [5.41, 5.74) is 3.05. The lowest BCUT2D eigenvalue weighted by Gasteiger charge is -2.06. The minimum absolute atomic E-state index is 0.0687. The molecule has 0 bridgehead atoms. The molecular weight excluding hydrogens is 228 g/mol. The van der Waals surface area contributed by atoms with Gasteiger partial charge in [0, 0.05) is 11.4 Å². The molecule has 0 saturated heterocycles.